The van der Waals surface area contributed by atoms with Crippen LogP contribution in [0.15, 0.2) is 11.3 Å². The van der Waals surface area contributed by atoms with Crippen LogP contribution in [-0.2, 0) is 19.1 Å². The zero-order chi connectivity index (χ0) is 15.0. The van der Waals surface area contributed by atoms with Crippen LogP contribution in [0.5, 0.6) is 0 Å². The van der Waals surface area contributed by atoms with Crippen molar-refractivity contribution < 1.29 is 19.1 Å². The number of alkyl halides is 2. The summed E-state index contributed by atoms with van der Waals surface area (Å²) in [5.74, 6) is -0.975. The first-order valence-corrected chi connectivity index (χ1v) is 7.62. The summed E-state index contributed by atoms with van der Waals surface area (Å²) in [5.41, 5.74) is 1.02. The Morgan fingerprint density at radius 1 is 1.50 bits per heavy atom. The van der Waals surface area contributed by atoms with Crippen molar-refractivity contribution in [2.75, 3.05) is 12.9 Å². The third-order valence-corrected chi connectivity index (χ3v) is 4.85. The molecule has 6 nitrogen and oxygen atoms in total. The maximum absolute atomic E-state index is 12.1. The maximum Gasteiger partial charge on any atom is 0.354 e. The van der Waals surface area contributed by atoms with E-state index in [9.17, 15) is 14.4 Å². The number of fused-ring (bicyclic) bond motifs is 1. The minimum atomic E-state index is -1.23. The highest BCUT2D eigenvalue weighted by molar-refractivity contribution is 8.00. The number of ether oxygens (including phenoxy) is 1. The van der Waals surface area contributed by atoms with Crippen molar-refractivity contribution >= 4 is 52.7 Å². The Balaban J connectivity index is 2.17. The number of carbonyl (C=O) groups excluding carboxylic acids is 3. The monoisotopic (exact) mass is 338 g/mol. The second kappa shape index (κ2) is 5.83. The average molecular weight is 339 g/mol. The Kier molecular flexibility index (Phi) is 4.51. The number of halogens is 2. The highest BCUT2D eigenvalue weighted by atomic mass is 35.5. The fourth-order valence-electron chi connectivity index (χ4n) is 2.08. The van der Waals surface area contributed by atoms with Crippen LogP contribution in [0.1, 0.15) is 6.92 Å². The number of thioether (sulfide) groups is 1. The first-order valence-electron chi connectivity index (χ1n) is 5.69. The van der Waals surface area contributed by atoms with Gasteiger partial charge in [-0.2, -0.15) is 0 Å². The number of esters is 1. The Morgan fingerprint density at radius 3 is 2.70 bits per heavy atom. The van der Waals surface area contributed by atoms with E-state index in [4.69, 9.17) is 23.2 Å². The van der Waals surface area contributed by atoms with Gasteiger partial charge in [-0.05, 0) is 12.5 Å². The van der Waals surface area contributed by atoms with E-state index < -0.39 is 22.8 Å². The maximum atomic E-state index is 12.1. The Labute approximate surface area is 129 Å². The lowest BCUT2D eigenvalue weighted by molar-refractivity contribution is -0.151. The van der Waals surface area contributed by atoms with Crippen LogP contribution in [0.4, 0.5) is 0 Å². The normalized spacial score (nSPS) is 25.2. The molecule has 1 fully saturated rings. The van der Waals surface area contributed by atoms with E-state index >= 15 is 0 Å². The first kappa shape index (κ1) is 15.5. The quantitative estimate of drug-likeness (QED) is 0.464. The molecule has 0 spiro atoms. The van der Waals surface area contributed by atoms with Crippen LogP contribution in [0, 0.1) is 0 Å². The smallest absolute Gasteiger partial charge is 0.354 e. The van der Waals surface area contributed by atoms with Gasteiger partial charge in [-0.15, -0.1) is 11.8 Å². The lowest BCUT2D eigenvalue weighted by atomic mass is 10.0. The number of amides is 2. The number of nitrogens with zero attached hydrogens (tertiary/aromatic N) is 1. The third-order valence-electron chi connectivity index (χ3n) is 3.03. The van der Waals surface area contributed by atoms with Gasteiger partial charge in [0.15, 0.2) is 4.84 Å². The van der Waals surface area contributed by atoms with Gasteiger partial charge in [-0.3, -0.25) is 14.5 Å². The third kappa shape index (κ3) is 2.49. The SMILES string of the molecule is COC(=O)C1=C(C)CS[C@H]2[C@H](NC(=O)C(Cl)Cl)C(=O)N12. The number of nitrogens with one attached hydrogen (secondary N) is 1. The molecule has 20 heavy (non-hydrogen) atoms. The van der Waals surface area contributed by atoms with Gasteiger partial charge < -0.3 is 10.1 Å². The number of hydrogen-bond acceptors (Lipinski definition) is 5. The molecule has 1 N–H and O–H groups in total. The molecule has 0 radical (unpaired) electrons. The van der Waals surface area contributed by atoms with E-state index in [1.807, 2.05) is 0 Å². The molecule has 2 amide bonds. The molecule has 0 aromatic carbocycles. The molecule has 0 unspecified atom stereocenters. The Hall–Kier alpha value is -0.920. The van der Waals surface area contributed by atoms with Crippen LogP contribution < -0.4 is 5.32 Å². The van der Waals surface area contributed by atoms with E-state index in [0.29, 0.717) is 5.75 Å². The number of carbonyl (C=O) groups is 3. The summed E-state index contributed by atoms with van der Waals surface area (Å²) in [5, 5.41) is 2.13. The molecular weight excluding hydrogens is 327 g/mol. The van der Waals surface area contributed by atoms with Crippen LogP contribution in [-0.4, -0.2) is 51.8 Å². The van der Waals surface area contributed by atoms with Crippen molar-refractivity contribution in [1.29, 1.82) is 0 Å². The van der Waals surface area contributed by atoms with E-state index in [0.717, 1.165) is 5.57 Å². The predicted octanol–water partition coefficient (Wildman–Crippen LogP) is 0.637. The topological polar surface area (TPSA) is 75.7 Å². The highest BCUT2D eigenvalue weighted by Crippen LogP contribution is 2.40. The summed E-state index contributed by atoms with van der Waals surface area (Å²) in [6.07, 6.45) is 0. The molecular formula is C11H12Cl2N2O4S. The van der Waals surface area contributed by atoms with E-state index in [-0.39, 0.29) is 17.0 Å². The molecule has 2 aliphatic rings. The van der Waals surface area contributed by atoms with Crippen molar-refractivity contribution in [1.82, 2.24) is 10.2 Å². The summed E-state index contributed by atoms with van der Waals surface area (Å²) in [6, 6.07) is -0.722. The van der Waals surface area contributed by atoms with Gasteiger partial charge in [0.25, 0.3) is 11.8 Å². The van der Waals surface area contributed by atoms with Gasteiger partial charge in [-0.25, -0.2) is 4.79 Å². The molecule has 0 aromatic rings. The fraction of sp³-hybridized carbons (Fsp3) is 0.545. The van der Waals surface area contributed by atoms with Crippen molar-refractivity contribution in [2.24, 2.45) is 0 Å². The van der Waals surface area contributed by atoms with Gasteiger partial charge in [0, 0.05) is 5.75 Å². The molecule has 9 heteroatoms. The fourth-order valence-corrected chi connectivity index (χ4v) is 3.49. The van der Waals surface area contributed by atoms with Crippen LogP contribution in [0.3, 0.4) is 0 Å². The lowest BCUT2D eigenvalue weighted by Crippen LogP contribution is -2.70. The summed E-state index contributed by atoms with van der Waals surface area (Å²) in [6.45, 7) is 1.77. The second-order valence-corrected chi connectivity index (χ2v) is 6.52. The number of hydrogen-bond donors (Lipinski definition) is 1. The number of methoxy groups -OCH3 is 1. The van der Waals surface area contributed by atoms with Crippen molar-refractivity contribution in [2.45, 2.75) is 23.2 Å². The van der Waals surface area contributed by atoms with E-state index in [1.165, 1.54) is 23.8 Å². The molecule has 2 aliphatic heterocycles. The minimum absolute atomic E-state index is 0.250. The summed E-state index contributed by atoms with van der Waals surface area (Å²) in [4.78, 5) is 35.4. The minimum Gasteiger partial charge on any atom is -0.464 e. The zero-order valence-electron chi connectivity index (χ0n) is 10.7. The Bertz CT molecular complexity index is 509. The molecule has 2 atom stereocenters. The molecule has 0 bridgehead atoms. The lowest BCUT2D eigenvalue weighted by Gasteiger charge is -2.49. The second-order valence-electron chi connectivity index (χ2n) is 4.32. The summed E-state index contributed by atoms with van der Waals surface area (Å²) in [7, 11) is 1.26. The molecule has 1 saturated heterocycles. The number of rotatable bonds is 3. The van der Waals surface area contributed by atoms with Gasteiger partial charge in [-0.1, -0.05) is 23.2 Å². The van der Waals surface area contributed by atoms with Crippen LogP contribution in [0.25, 0.3) is 0 Å². The average Bonchev–Trinajstić information content (AvgIpc) is 2.43. The molecule has 2 rings (SSSR count). The van der Waals surface area contributed by atoms with Gasteiger partial charge in [0.1, 0.15) is 17.1 Å². The van der Waals surface area contributed by atoms with Crippen molar-refractivity contribution in [3.63, 3.8) is 0 Å². The molecule has 110 valence electrons. The van der Waals surface area contributed by atoms with Gasteiger partial charge in [0.05, 0.1) is 7.11 Å². The highest BCUT2D eigenvalue weighted by Gasteiger charge is 2.54. The zero-order valence-corrected chi connectivity index (χ0v) is 13.0. The van der Waals surface area contributed by atoms with E-state index in [1.54, 1.807) is 6.92 Å². The predicted molar refractivity (Wildman–Crippen MR) is 75.2 cm³/mol. The van der Waals surface area contributed by atoms with Crippen LogP contribution >= 0.6 is 35.0 Å². The van der Waals surface area contributed by atoms with Crippen LogP contribution in [0.2, 0.25) is 0 Å². The summed E-state index contributed by atoms with van der Waals surface area (Å²) >= 11 is 12.3. The first-order chi connectivity index (χ1) is 9.38. The largest absolute Gasteiger partial charge is 0.464 e. The molecule has 0 saturated carbocycles. The van der Waals surface area contributed by atoms with E-state index in [2.05, 4.69) is 10.1 Å². The summed E-state index contributed by atoms with van der Waals surface area (Å²) < 4.78 is 4.69. The van der Waals surface area contributed by atoms with Crippen molar-refractivity contribution in [3.8, 4) is 0 Å². The molecule has 2 heterocycles. The van der Waals surface area contributed by atoms with Gasteiger partial charge in [0.2, 0.25) is 0 Å². The molecule has 0 aromatic heterocycles. The number of β-lactam (4-membered cyclic amide) rings is 1. The standard InChI is InChI=1S/C11H12Cl2N2O4S/c1-4-3-20-10-5(14-8(16)7(12)13)9(17)15(10)6(4)11(18)19-2/h5,7,10H,3H2,1-2H3,(H,14,16)/t5-,10+/m1/s1. The Morgan fingerprint density at radius 2 is 2.15 bits per heavy atom. The molecule has 0 aliphatic carbocycles. The van der Waals surface area contributed by atoms with Crippen molar-refractivity contribution in [3.05, 3.63) is 11.3 Å². The van der Waals surface area contributed by atoms with Gasteiger partial charge >= 0.3 is 5.97 Å².